The summed E-state index contributed by atoms with van der Waals surface area (Å²) in [5.41, 5.74) is 3.23. The second-order valence-electron chi connectivity index (χ2n) is 5.11. The van der Waals surface area contributed by atoms with Crippen LogP contribution in [0.25, 0.3) is 0 Å². The van der Waals surface area contributed by atoms with E-state index in [4.69, 9.17) is 0 Å². The van der Waals surface area contributed by atoms with Gasteiger partial charge in [-0.25, -0.2) is 0 Å². The third-order valence-electron chi connectivity index (χ3n) is 3.75. The average molecular weight is 223 g/mol. The summed E-state index contributed by atoms with van der Waals surface area (Å²) < 4.78 is 0. The largest absolute Gasteiger partial charge is 0.309 e. The highest BCUT2D eigenvalue weighted by Crippen LogP contribution is 2.12. The Morgan fingerprint density at radius 2 is 1.75 bits per heavy atom. The smallest absolute Gasteiger partial charge is 0.0194 e. The first-order valence-corrected chi connectivity index (χ1v) is 6.62. The van der Waals surface area contributed by atoms with Crippen LogP contribution in [0.3, 0.4) is 0 Å². The summed E-state index contributed by atoms with van der Waals surface area (Å²) in [4.78, 5) is 5.19. The molecule has 0 atom stereocenters. The highest BCUT2D eigenvalue weighted by atomic mass is 15.3. The highest BCUT2D eigenvalue weighted by molar-refractivity contribution is 5.22. The lowest BCUT2D eigenvalue weighted by molar-refractivity contribution is 0.140. The van der Waals surface area contributed by atoms with Crippen molar-refractivity contribution < 1.29 is 0 Å². The summed E-state index contributed by atoms with van der Waals surface area (Å²) in [5.74, 6) is 0. The third kappa shape index (κ3) is 3.06. The number of piperazine rings is 1. The standard InChI is InChI=1S/C13H25N3/c1-3-4-15-5-7-16(8-6-15)11-12(2)13-9-14-10-13/h14H,3-11H2,1-2H3. The molecule has 0 spiro atoms. The number of nitrogens with one attached hydrogen (secondary N) is 1. The Balaban J connectivity index is 1.72. The second kappa shape index (κ2) is 5.80. The SMILES string of the molecule is CCCN1CCN(CC(C)=C2CNC2)CC1. The zero-order valence-corrected chi connectivity index (χ0v) is 10.8. The molecule has 0 aromatic heterocycles. The number of hydrogen-bond donors (Lipinski definition) is 1. The van der Waals surface area contributed by atoms with Crippen molar-refractivity contribution in [2.24, 2.45) is 0 Å². The molecule has 3 heteroatoms. The van der Waals surface area contributed by atoms with Crippen LogP contribution in [0.4, 0.5) is 0 Å². The van der Waals surface area contributed by atoms with E-state index in [9.17, 15) is 0 Å². The molecule has 2 aliphatic rings. The maximum Gasteiger partial charge on any atom is 0.0194 e. The first-order chi connectivity index (χ1) is 7.79. The van der Waals surface area contributed by atoms with Gasteiger partial charge in [-0.15, -0.1) is 0 Å². The molecule has 2 aliphatic heterocycles. The maximum absolute atomic E-state index is 3.32. The van der Waals surface area contributed by atoms with Gasteiger partial charge in [0.25, 0.3) is 0 Å². The van der Waals surface area contributed by atoms with Crippen LogP contribution in [0.5, 0.6) is 0 Å². The first-order valence-electron chi connectivity index (χ1n) is 6.62. The van der Waals surface area contributed by atoms with Crippen molar-refractivity contribution in [3.05, 3.63) is 11.1 Å². The minimum Gasteiger partial charge on any atom is -0.309 e. The fourth-order valence-electron chi connectivity index (χ4n) is 2.49. The van der Waals surface area contributed by atoms with E-state index in [2.05, 4.69) is 29.0 Å². The summed E-state index contributed by atoms with van der Waals surface area (Å²) >= 11 is 0. The Labute approximate surface area is 99.5 Å². The van der Waals surface area contributed by atoms with E-state index in [-0.39, 0.29) is 0 Å². The van der Waals surface area contributed by atoms with Gasteiger partial charge in [0.15, 0.2) is 0 Å². The monoisotopic (exact) mass is 223 g/mol. The first kappa shape index (κ1) is 12.1. The van der Waals surface area contributed by atoms with E-state index in [1.165, 1.54) is 45.7 Å². The lowest BCUT2D eigenvalue weighted by atomic mass is 10.0. The van der Waals surface area contributed by atoms with Crippen LogP contribution < -0.4 is 5.32 Å². The Hall–Kier alpha value is -0.380. The number of nitrogens with zero attached hydrogens (tertiary/aromatic N) is 2. The van der Waals surface area contributed by atoms with Gasteiger partial charge in [-0.05, 0) is 25.5 Å². The molecular formula is C13H25N3. The van der Waals surface area contributed by atoms with E-state index in [0.717, 1.165) is 13.1 Å². The van der Waals surface area contributed by atoms with E-state index in [1.807, 2.05) is 0 Å². The predicted octanol–water partition coefficient (Wildman–Crippen LogP) is 0.934. The molecule has 2 heterocycles. The summed E-state index contributed by atoms with van der Waals surface area (Å²) in [7, 11) is 0. The lowest BCUT2D eigenvalue weighted by Crippen LogP contribution is -2.47. The molecule has 92 valence electrons. The molecule has 0 radical (unpaired) electrons. The van der Waals surface area contributed by atoms with Crippen LogP contribution >= 0.6 is 0 Å². The lowest BCUT2D eigenvalue weighted by Gasteiger charge is -2.35. The van der Waals surface area contributed by atoms with Gasteiger partial charge in [0.05, 0.1) is 0 Å². The molecule has 2 rings (SSSR count). The van der Waals surface area contributed by atoms with Crippen molar-refractivity contribution in [1.82, 2.24) is 15.1 Å². The minimum absolute atomic E-state index is 1.13. The van der Waals surface area contributed by atoms with Crippen molar-refractivity contribution in [2.75, 3.05) is 52.4 Å². The third-order valence-corrected chi connectivity index (χ3v) is 3.75. The Morgan fingerprint density at radius 3 is 2.25 bits per heavy atom. The topological polar surface area (TPSA) is 18.5 Å². The van der Waals surface area contributed by atoms with E-state index < -0.39 is 0 Å². The normalized spacial score (nSPS) is 23.2. The molecule has 0 aromatic rings. The molecule has 0 aliphatic carbocycles. The quantitative estimate of drug-likeness (QED) is 0.716. The molecule has 2 saturated heterocycles. The highest BCUT2D eigenvalue weighted by Gasteiger charge is 2.18. The predicted molar refractivity (Wildman–Crippen MR) is 68.7 cm³/mol. The molecule has 0 aromatic carbocycles. The van der Waals surface area contributed by atoms with Gasteiger partial charge in [-0.2, -0.15) is 0 Å². The molecule has 0 unspecified atom stereocenters. The van der Waals surface area contributed by atoms with Gasteiger partial charge in [-0.3, -0.25) is 4.90 Å². The molecule has 3 nitrogen and oxygen atoms in total. The maximum atomic E-state index is 3.32. The fraction of sp³-hybridized carbons (Fsp3) is 0.846. The van der Waals surface area contributed by atoms with Crippen LogP contribution in [-0.2, 0) is 0 Å². The van der Waals surface area contributed by atoms with Gasteiger partial charge >= 0.3 is 0 Å². The van der Waals surface area contributed by atoms with Gasteiger partial charge < -0.3 is 10.2 Å². The van der Waals surface area contributed by atoms with Gasteiger partial charge in [0.1, 0.15) is 0 Å². The van der Waals surface area contributed by atoms with Crippen LogP contribution in [-0.4, -0.2) is 62.2 Å². The van der Waals surface area contributed by atoms with Crippen LogP contribution in [0.15, 0.2) is 11.1 Å². The molecule has 0 amide bonds. The van der Waals surface area contributed by atoms with Gasteiger partial charge in [0, 0.05) is 45.8 Å². The summed E-state index contributed by atoms with van der Waals surface area (Å²) in [6.45, 7) is 14.3. The molecule has 1 N–H and O–H groups in total. The summed E-state index contributed by atoms with van der Waals surface area (Å²) in [6.07, 6.45) is 1.29. The Bertz CT molecular complexity index is 246. The molecule has 0 saturated carbocycles. The fourth-order valence-corrected chi connectivity index (χ4v) is 2.49. The molecular weight excluding hydrogens is 198 g/mol. The van der Waals surface area contributed by atoms with Crippen molar-refractivity contribution >= 4 is 0 Å². The van der Waals surface area contributed by atoms with Crippen molar-refractivity contribution in [2.45, 2.75) is 20.3 Å². The average Bonchev–Trinajstić information content (AvgIpc) is 2.18. The van der Waals surface area contributed by atoms with Crippen molar-refractivity contribution in [3.8, 4) is 0 Å². The van der Waals surface area contributed by atoms with E-state index >= 15 is 0 Å². The van der Waals surface area contributed by atoms with Crippen LogP contribution in [0.2, 0.25) is 0 Å². The zero-order valence-electron chi connectivity index (χ0n) is 10.8. The van der Waals surface area contributed by atoms with Gasteiger partial charge in [0.2, 0.25) is 0 Å². The van der Waals surface area contributed by atoms with Crippen LogP contribution in [0, 0.1) is 0 Å². The summed E-state index contributed by atoms with van der Waals surface area (Å²) in [5, 5.41) is 3.32. The van der Waals surface area contributed by atoms with Crippen molar-refractivity contribution in [1.29, 1.82) is 0 Å². The molecule has 16 heavy (non-hydrogen) atoms. The van der Waals surface area contributed by atoms with Crippen LogP contribution in [0.1, 0.15) is 20.3 Å². The van der Waals surface area contributed by atoms with Crippen molar-refractivity contribution in [3.63, 3.8) is 0 Å². The second-order valence-corrected chi connectivity index (χ2v) is 5.11. The van der Waals surface area contributed by atoms with E-state index in [1.54, 1.807) is 11.1 Å². The Kier molecular flexibility index (Phi) is 4.38. The molecule has 2 fully saturated rings. The zero-order chi connectivity index (χ0) is 11.4. The molecule has 0 bridgehead atoms. The Morgan fingerprint density at radius 1 is 1.12 bits per heavy atom. The summed E-state index contributed by atoms with van der Waals surface area (Å²) in [6, 6.07) is 0. The number of hydrogen-bond acceptors (Lipinski definition) is 3. The van der Waals surface area contributed by atoms with Gasteiger partial charge in [-0.1, -0.05) is 12.5 Å². The minimum atomic E-state index is 1.13. The van der Waals surface area contributed by atoms with E-state index in [0.29, 0.717) is 0 Å². The number of rotatable bonds is 4.